The summed E-state index contributed by atoms with van der Waals surface area (Å²) in [5.74, 6) is -1.20. The number of hydrogen-bond acceptors (Lipinski definition) is 5. The molecule has 0 aromatic heterocycles. The van der Waals surface area contributed by atoms with E-state index in [9.17, 15) is 13.2 Å². The standard InChI is InChI=1S/C14H22N2O5S/c1-3-4-10(2)16-12-6-5-11(14(18)19)9-13(12)22(20,21)15-7-8-17/h5-6,9-10,15-17H,3-4,7-8H2,1-2H3,(H,18,19)/t10-/m1/s1. The van der Waals surface area contributed by atoms with Gasteiger partial charge in [-0.15, -0.1) is 0 Å². The number of nitrogens with one attached hydrogen (secondary N) is 2. The van der Waals surface area contributed by atoms with Crippen molar-refractivity contribution in [1.29, 1.82) is 0 Å². The van der Waals surface area contributed by atoms with Crippen molar-refractivity contribution in [2.75, 3.05) is 18.5 Å². The second-order valence-electron chi connectivity index (χ2n) is 4.97. The van der Waals surface area contributed by atoms with Gasteiger partial charge in [0.15, 0.2) is 0 Å². The molecule has 0 saturated heterocycles. The van der Waals surface area contributed by atoms with Gasteiger partial charge in [-0.05, 0) is 31.5 Å². The number of carbonyl (C=O) groups is 1. The molecule has 1 aromatic carbocycles. The maximum Gasteiger partial charge on any atom is 0.335 e. The van der Waals surface area contributed by atoms with E-state index in [0.717, 1.165) is 18.9 Å². The number of carboxylic acid groups (broad SMARTS) is 1. The Balaban J connectivity index is 3.23. The maximum absolute atomic E-state index is 12.3. The first-order chi connectivity index (χ1) is 10.3. The Morgan fingerprint density at radius 2 is 2.05 bits per heavy atom. The average Bonchev–Trinajstić information content (AvgIpc) is 2.45. The molecule has 0 bridgehead atoms. The van der Waals surface area contributed by atoms with E-state index in [1.165, 1.54) is 12.1 Å². The summed E-state index contributed by atoms with van der Waals surface area (Å²) in [6.45, 7) is 3.47. The topological polar surface area (TPSA) is 116 Å². The zero-order valence-corrected chi connectivity index (χ0v) is 13.5. The number of anilines is 1. The van der Waals surface area contributed by atoms with Crippen molar-refractivity contribution < 1.29 is 23.4 Å². The third kappa shape index (κ3) is 4.97. The van der Waals surface area contributed by atoms with E-state index in [0.29, 0.717) is 5.69 Å². The Kier molecular flexibility index (Phi) is 6.79. The number of aliphatic hydroxyl groups excluding tert-OH is 1. The van der Waals surface area contributed by atoms with Gasteiger partial charge in [0.1, 0.15) is 4.90 Å². The number of rotatable bonds is 9. The predicted octanol–water partition coefficient (Wildman–Crippen LogP) is 1.26. The number of aliphatic hydroxyl groups is 1. The molecule has 1 aromatic rings. The molecule has 1 atom stereocenters. The smallest absolute Gasteiger partial charge is 0.335 e. The Hall–Kier alpha value is -1.64. The molecule has 7 nitrogen and oxygen atoms in total. The fourth-order valence-corrected chi connectivity index (χ4v) is 3.24. The van der Waals surface area contributed by atoms with Crippen LogP contribution >= 0.6 is 0 Å². The van der Waals surface area contributed by atoms with E-state index in [1.54, 1.807) is 0 Å². The van der Waals surface area contributed by atoms with Gasteiger partial charge in [-0.3, -0.25) is 0 Å². The molecule has 0 aliphatic heterocycles. The molecular formula is C14H22N2O5S. The van der Waals surface area contributed by atoms with Crippen molar-refractivity contribution in [3.05, 3.63) is 23.8 Å². The van der Waals surface area contributed by atoms with Crippen LogP contribution < -0.4 is 10.0 Å². The minimum atomic E-state index is -3.91. The van der Waals surface area contributed by atoms with Crippen LogP contribution in [0.3, 0.4) is 0 Å². The van der Waals surface area contributed by atoms with Crippen LogP contribution in [0.25, 0.3) is 0 Å². The molecule has 0 aliphatic carbocycles. The molecule has 0 amide bonds. The summed E-state index contributed by atoms with van der Waals surface area (Å²) < 4.78 is 26.8. The van der Waals surface area contributed by atoms with Crippen LogP contribution in [-0.4, -0.2) is 43.8 Å². The highest BCUT2D eigenvalue weighted by molar-refractivity contribution is 7.89. The van der Waals surface area contributed by atoms with Crippen LogP contribution in [0, 0.1) is 0 Å². The molecule has 124 valence electrons. The van der Waals surface area contributed by atoms with Gasteiger partial charge in [0.25, 0.3) is 0 Å². The molecule has 0 fully saturated rings. The van der Waals surface area contributed by atoms with Crippen molar-refractivity contribution in [1.82, 2.24) is 4.72 Å². The van der Waals surface area contributed by atoms with E-state index in [-0.39, 0.29) is 29.7 Å². The summed E-state index contributed by atoms with van der Waals surface area (Å²) in [7, 11) is -3.91. The van der Waals surface area contributed by atoms with E-state index >= 15 is 0 Å². The molecule has 22 heavy (non-hydrogen) atoms. The lowest BCUT2D eigenvalue weighted by atomic mass is 10.1. The molecule has 8 heteroatoms. The van der Waals surface area contributed by atoms with Gasteiger partial charge in [0.05, 0.1) is 17.9 Å². The molecule has 0 saturated carbocycles. The van der Waals surface area contributed by atoms with Crippen molar-refractivity contribution in [2.24, 2.45) is 0 Å². The first-order valence-electron chi connectivity index (χ1n) is 7.06. The molecule has 0 heterocycles. The van der Waals surface area contributed by atoms with E-state index in [4.69, 9.17) is 10.2 Å². The van der Waals surface area contributed by atoms with Gasteiger partial charge in [0.2, 0.25) is 10.0 Å². The van der Waals surface area contributed by atoms with Gasteiger partial charge < -0.3 is 15.5 Å². The lowest BCUT2D eigenvalue weighted by Crippen LogP contribution is -2.28. The van der Waals surface area contributed by atoms with Gasteiger partial charge in [-0.25, -0.2) is 17.9 Å². The summed E-state index contributed by atoms with van der Waals surface area (Å²) in [6, 6.07) is 3.97. The van der Waals surface area contributed by atoms with Crippen LogP contribution in [0.5, 0.6) is 0 Å². The fraction of sp³-hybridized carbons (Fsp3) is 0.500. The van der Waals surface area contributed by atoms with Gasteiger partial charge in [-0.1, -0.05) is 13.3 Å². The summed E-state index contributed by atoms with van der Waals surface area (Å²) >= 11 is 0. The maximum atomic E-state index is 12.3. The molecule has 0 unspecified atom stereocenters. The number of hydrogen-bond donors (Lipinski definition) is 4. The largest absolute Gasteiger partial charge is 0.478 e. The molecule has 0 aliphatic rings. The summed E-state index contributed by atoms with van der Waals surface area (Å²) in [6.07, 6.45) is 1.79. The fourth-order valence-electron chi connectivity index (χ4n) is 2.03. The van der Waals surface area contributed by atoms with Crippen LogP contribution in [0.4, 0.5) is 5.69 Å². The van der Waals surface area contributed by atoms with Crippen LogP contribution in [0.2, 0.25) is 0 Å². The zero-order valence-electron chi connectivity index (χ0n) is 12.7. The minimum Gasteiger partial charge on any atom is -0.478 e. The monoisotopic (exact) mass is 330 g/mol. The molecule has 0 spiro atoms. The number of aromatic carboxylic acids is 1. The SMILES string of the molecule is CCC[C@@H](C)Nc1ccc(C(=O)O)cc1S(=O)(=O)NCCO. The lowest BCUT2D eigenvalue weighted by Gasteiger charge is -2.18. The van der Waals surface area contributed by atoms with Gasteiger partial charge in [0, 0.05) is 12.6 Å². The number of sulfonamides is 1. The molecule has 1 rings (SSSR count). The Bertz CT molecular complexity index is 616. The summed E-state index contributed by atoms with van der Waals surface area (Å²) in [5.41, 5.74) is 0.231. The van der Waals surface area contributed by atoms with Crippen LogP contribution in [-0.2, 0) is 10.0 Å². The highest BCUT2D eigenvalue weighted by Gasteiger charge is 2.21. The van der Waals surface area contributed by atoms with Crippen molar-refractivity contribution in [2.45, 2.75) is 37.6 Å². The van der Waals surface area contributed by atoms with Gasteiger partial charge >= 0.3 is 5.97 Å². The van der Waals surface area contributed by atoms with Crippen LogP contribution in [0.15, 0.2) is 23.1 Å². The first-order valence-corrected chi connectivity index (χ1v) is 8.54. The highest BCUT2D eigenvalue weighted by atomic mass is 32.2. The number of benzene rings is 1. The van der Waals surface area contributed by atoms with Crippen molar-refractivity contribution >= 4 is 21.7 Å². The van der Waals surface area contributed by atoms with E-state index in [1.807, 2.05) is 13.8 Å². The third-order valence-corrected chi connectivity index (χ3v) is 4.55. The predicted molar refractivity (Wildman–Crippen MR) is 83.7 cm³/mol. The minimum absolute atomic E-state index is 0.0486. The van der Waals surface area contributed by atoms with Crippen molar-refractivity contribution in [3.8, 4) is 0 Å². The summed E-state index contributed by atoms with van der Waals surface area (Å²) in [4.78, 5) is 10.9. The molecular weight excluding hydrogens is 308 g/mol. The molecule has 4 N–H and O–H groups in total. The second kappa shape index (κ2) is 8.11. The summed E-state index contributed by atoms with van der Waals surface area (Å²) in [5, 5.41) is 20.9. The second-order valence-corrected chi connectivity index (χ2v) is 6.71. The normalized spacial score (nSPS) is 12.9. The third-order valence-electron chi connectivity index (χ3n) is 3.05. The molecule has 0 radical (unpaired) electrons. The van der Waals surface area contributed by atoms with Crippen molar-refractivity contribution in [3.63, 3.8) is 0 Å². The quantitative estimate of drug-likeness (QED) is 0.542. The highest BCUT2D eigenvalue weighted by Crippen LogP contribution is 2.24. The zero-order chi connectivity index (χ0) is 16.8. The van der Waals surface area contributed by atoms with E-state index in [2.05, 4.69) is 10.0 Å². The first kappa shape index (κ1) is 18.4. The average molecular weight is 330 g/mol. The lowest BCUT2D eigenvalue weighted by molar-refractivity contribution is 0.0696. The number of carboxylic acids is 1. The Morgan fingerprint density at radius 3 is 2.59 bits per heavy atom. The van der Waals surface area contributed by atoms with E-state index < -0.39 is 16.0 Å². The Morgan fingerprint density at radius 1 is 1.36 bits per heavy atom. The van der Waals surface area contributed by atoms with Gasteiger partial charge in [-0.2, -0.15) is 0 Å². The van der Waals surface area contributed by atoms with Crippen LogP contribution in [0.1, 0.15) is 37.0 Å². The Labute approximate surface area is 130 Å².